The molecule has 2 unspecified atom stereocenters. The van der Waals surface area contributed by atoms with Crippen LogP contribution in [0.1, 0.15) is 24.9 Å². The maximum absolute atomic E-state index is 12.2. The van der Waals surface area contributed by atoms with Crippen LogP contribution >= 0.6 is 0 Å². The van der Waals surface area contributed by atoms with Crippen LogP contribution in [0.5, 0.6) is 0 Å². The molecule has 0 aromatic heterocycles. The predicted octanol–water partition coefficient (Wildman–Crippen LogP) is 1.88. The number of nitrogens with zero attached hydrogens (tertiary/aromatic N) is 1. The summed E-state index contributed by atoms with van der Waals surface area (Å²) in [5, 5.41) is 11.8. The van der Waals surface area contributed by atoms with Crippen molar-refractivity contribution in [2.45, 2.75) is 25.4 Å². The van der Waals surface area contributed by atoms with E-state index in [1.165, 1.54) is 4.90 Å². The zero-order chi connectivity index (χ0) is 15.8. The molecule has 0 heterocycles. The molecule has 0 fully saturated rings. The predicted molar refractivity (Wildman–Crippen MR) is 79.1 cm³/mol. The third-order valence-corrected chi connectivity index (χ3v) is 3.27. The summed E-state index contributed by atoms with van der Waals surface area (Å²) < 4.78 is 5.01. The second kappa shape index (κ2) is 8.26. The van der Waals surface area contributed by atoms with Crippen molar-refractivity contribution in [2.75, 3.05) is 20.8 Å². The highest BCUT2D eigenvalue weighted by Gasteiger charge is 2.22. The van der Waals surface area contributed by atoms with E-state index in [2.05, 4.69) is 5.32 Å². The quantitative estimate of drug-likeness (QED) is 0.804. The third-order valence-electron chi connectivity index (χ3n) is 3.27. The molecule has 0 aliphatic heterocycles. The Hall–Kier alpha value is -2.08. The number of urea groups is 1. The monoisotopic (exact) mass is 294 g/mol. The summed E-state index contributed by atoms with van der Waals surface area (Å²) in [7, 11) is 3.22. The minimum absolute atomic E-state index is 0.101. The maximum Gasteiger partial charge on any atom is 0.317 e. The van der Waals surface area contributed by atoms with Crippen molar-refractivity contribution in [3.05, 3.63) is 35.9 Å². The van der Waals surface area contributed by atoms with Crippen LogP contribution in [0.25, 0.3) is 0 Å². The van der Waals surface area contributed by atoms with Crippen LogP contribution in [-0.4, -0.2) is 48.8 Å². The zero-order valence-electron chi connectivity index (χ0n) is 12.6. The molecule has 6 heteroatoms. The Morgan fingerprint density at radius 3 is 2.48 bits per heavy atom. The number of carboxylic acids is 1. The lowest BCUT2D eigenvalue weighted by atomic mass is 10.0. The summed E-state index contributed by atoms with van der Waals surface area (Å²) in [6.07, 6.45) is -0.164. The summed E-state index contributed by atoms with van der Waals surface area (Å²) in [6, 6.07) is 8.08. The number of carbonyl (C=O) groups is 2. The van der Waals surface area contributed by atoms with Gasteiger partial charge in [0, 0.05) is 14.2 Å². The molecule has 2 atom stereocenters. The van der Waals surface area contributed by atoms with Gasteiger partial charge in [0.2, 0.25) is 0 Å². The number of rotatable bonds is 7. The second-order valence-electron chi connectivity index (χ2n) is 4.93. The van der Waals surface area contributed by atoms with E-state index in [1.807, 2.05) is 25.1 Å². The first kappa shape index (κ1) is 17.0. The molecule has 21 heavy (non-hydrogen) atoms. The van der Waals surface area contributed by atoms with Crippen molar-refractivity contribution in [3.63, 3.8) is 0 Å². The maximum atomic E-state index is 12.2. The number of likely N-dealkylation sites (N-methyl/N-ethyl adjacent to an activating group) is 1. The van der Waals surface area contributed by atoms with E-state index in [4.69, 9.17) is 9.84 Å². The lowest BCUT2D eigenvalue weighted by Crippen LogP contribution is -2.45. The van der Waals surface area contributed by atoms with Gasteiger partial charge in [0.05, 0.1) is 25.1 Å². The molecule has 2 N–H and O–H groups in total. The second-order valence-corrected chi connectivity index (χ2v) is 4.93. The molecule has 0 bridgehead atoms. The van der Waals surface area contributed by atoms with E-state index in [9.17, 15) is 9.59 Å². The molecular formula is C15H22N2O4. The summed E-state index contributed by atoms with van der Waals surface area (Å²) >= 11 is 0. The number of hydrogen-bond donors (Lipinski definition) is 2. The van der Waals surface area contributed by atoms with Crippen molar-refractivity contribution in [1.82, 2.24) is 10.2 Å². The topological polar surface area (TPSA) is 78.9 Å². The highest BCUT2D eigenvalue weighted by atomic mass is 16.5. The normalized spacial score (nSPS) is 13.3. The third kappa shape index (κ3) is 5.43. The van der Waals surface area contributed by atoms with Crippen LogP contribution in [0, 0.1) is 0 Å². The minimum Gasteiger partial charge on any atom is -0.481 e. The lowest BCUT2D eigenvalue weighted by molar-refractivity contribution is -0.137. The minimum atomic E-state index is -0.961. The van der Waals surface area contributed by atoms with Gasteiger partial charge in [-0.1, -0.05) is 30.3 Å². The van der Waals surface area contributed by atoms with Gasteiger partial charge in [-0.15, -0.1) is 0 Å². The molecule has 0 aliphatic carbocycles. The lowest BCUT2D eigenvalue weighted by Gasteiger charge is -2.27. The summed E-state index contributed by atoms with van der Waals surface area (Å²) in [6.45, 7) is 2.27. The van der Waals surface area contributed by atoms with Gasteiger partial charge < -0.3 is 20.1 Å². The first-order valence-corrected chi connectivity index (χ1v) is 6.74. The van der Waals surface area contributed by atoms with Crippen molar-refractivity contribution in [2.24, 2.45) is 0 Å². The van der Waals surface area contributed by atoms with Crippen LogP contribution in [0.4, 0.5) is 4.79 Å². The SMILES string of the molecule is COCC(C)N(C)C(=O)NC(CC(=O)O)c1ccccc1. The van der Waals surface area contributed by atoms with E-state index < -0.39 is 12.0 Å². The summed E-state index contributed by atoms with van der Waals surface area (Å²) in [5.74, 6) is -0.961. The van der Waals surface area contributed by atoms with E-state index in [0.717, 1.165) is 5.56 Å². The fourth-order valence-corrected chi connectivity index (χ4v) is 1.92. The highest BCUT2D eigenvalue weighted by Crippen LogP contribution is 2.17. The Morgan fingerprint density at radius 2 is 1.95 bits per heavy atom. The number of hydrogen-bond acceptors (Lipinski definition) is 3. The van der Waals surface area contributed by atoms with E-state index in [1.54, 1.807) is 26.3 Å². The fourth-order valence-electron chi connectivity index (χ4n) is 1.92. The van der Waals surface area contributed by atoms with Crippen molar-refractivity contribution < 1.29 is 19.4 Å². The largest absolute Gasteiger partial charge is 0.481 e. The van der Waals surface area contributed by atoms with Crippen LogP contribution in [0.2, 0.25) is 0 Å². The average molecular weight is 294 g/mol. The van der Waals surface area contributed by atoms with Crippen molar-refractivity contribution in [3.8, 4) is 0 Å². The Kier molecular flexibility index (Phi) is 6.68. The number of carboxylic acid groups (broad SMARTS) is 1. The van der Waals surface area contributed by atoms with Crippen LogP contribution in [0.3, 0.4) is 0 Å². The van der Waals surface area contributed by atoms with Gasteiger partial charge in [0.25, 0.3) is 0 Å². The first-order chi connectivity index (χ1) is 9.95. The summed E-state index contributed by atoms with van der Waals surface area (Å²) in [5.41, 5.74) is 0.765. The van der Waals surface area contributed by atoms with E-state index in [-0.39, 0.29) is 18.5 Å². The number of aliphatic carboxylic acids is 1. The first-order valence-electron chi connectivity index (χ1n) is 6.74. The zero-order valence-corrected chi connectivity index (χ0v) is 12.6. The number of benzene rings is 1. The van der Waals surface area contributed by atoms with E-state index in [0.29, 0.717) is 6.61 Å². The van der Waals surface area contributed by atoms with E-state index >= 15 is 0 Å². The number of ether oxygens (including phenoxy) is 1. The number of nitrogens with one attached hydrogen (secondary N) is 1. The number of carbonyl (C=O) groups excluding carboxylic acids is 1. The van der Waals surface area contributed by atoms with Gasteiger partial charge in [-0.05, 0) is 12.5 Å². The van der Waals surface area contributed by atoms with Crippen molar-refractivity contribution >= 4 is 12.0 Å². The molecule has 0 radical (unpaired) electrons. The van der Waals surface area contributed by atoms with Crippen LogP contribution in [0.15, 0.2) is 30.3 Å². The van der Waals surface area contributed by atoms with Gasteiger partial charge in [-0.2, -0.15) is 0 Å². The molecule has 2 amide bonds. The number of methoxy groups -OCH3 is 1. The van der Waals surface area contributed by atoms with Gasteiger partial charge >= 0.3 is 12.0 Å². The van der Waals surface area contributed by atoms with Gasteiger partial charge in [-0.3, -0.25) is 4.79 Å². The van der Waals surface area contributed by atoms with Gasteiger partial charge in [0.15, 0.2) is 0 Å². The molecule has 0 saturated carbocycles. The molecule has 6 nitrogen and oxygen atoms in total. The molecule has 1 rings (SSSR count). The van der Waals surface area contributed by atoms with Gasteiger partial charge in [0.1, 0.15) is 0 Å². The molecular weight excluding hydrogens is 272 g/mol. The molecule has 0 saturated heterocycles. The Labute approximate surface area is 124 Å². The molecule has 116 valence electrons. The summed E-state index contributed by atoms with van der Waals surface area (Å²) in [4.78, 5) is 24.7. The molecule has 1 aromatic rings. The van der Waals surface area contributed by atoms with Crippen LogP contribution < -0.4 is 5.32 Å². The smallest absolute Gasteiger partial charge is 0.317 e. The average Bonchev–Trinajstić information content (AvgIpc) is 2.46. The standard InChI is InChI=1S/C15H22N2O4/c1-11(10-21-3)17(2)15(20)16-13(9-14(18)19)12-7-5-4-6-8-12/h4-8,11,13H,9-10H2,1-3H3,(H,16,20)(H,18,19). The van der Waals surface area contributed by atoms with Crippen molar-refractivity contribution in [1.29, 1.82) is 0 Å². The molecule has 0 spiro atoms. The Morgan fingerprint density at radius 1 is 1.33 bits per heavy atom. The molecule has 1 aromatic carbocycles. The molecule has 0 aliphatic rings. The Balaban J connectivity index is 2.77. The fraction of sp³-hybridized carbons (Fsp3) is 0.467. The Bertz CT molecular complexity index is 464. The number of amides is 2. The highest BCUT2D eigenvalue weighted by molar-refractivity contribution is 5.76. The van der Waals surface area contributed by atoms with Gasteiger partial charge in [-0.25, -0.2) is 4.79 Å². The van der Waals surface area contributed by atoms with Crippen LogP contribution in [-0.2, 0) is 9.53 Å².